The van der Waals surface area contributed by atoms with Crippen molar-refractivity contribution in [2.45, 2.75) is 0 Å². The number of rotatable bonds is 1. The summed E-state index contributed by atoms with van der Waals surface area (Å²) in [5, 5.41) is 3.89. The van der Waals surface area contributed by atoms with Gasteiger partial charge in [-0.3, -0.25) is 4.98 Å². The van der Waals surface area contributed by atoms with Crippen molar-refractivity contribution >= 4 is 22.6 Å². The van der Waals surface area contributed by atoms with E-state index in [1.54, 1.807) is 0 Å². The molecule has 4 nitrogen and oxygen atoms in total. The Labute approximate surface area is 87.7 Å². The number of benzene rings is 1. The second kappa shape index (κ2) is 3.33. The largest absolute Gasteiger partial charge is 0.347 e. The van der Waals surface area contributed by atoms with Gasteiger partial charge in [-0.2, -0.15) is 9.78 Å². The van der Waals surface area contributed by atoms with E-state index in [2.05, 4.69) is 32.7 Å². The Morgan fingerprint density at radius 3 is 2.77 bits per heavy atom. The summed E-state index contributed by atoms with van der Waals surface area (Å²) in [6.07, 6.45) is 1.38. The monoisotopic (exact) mass is 287 g/mol. The highest BCUT2D eigenvalue weighted by Gasteiger charge is 2.03. The van der Waals surface area contributed by atoms with E-state index in [0.717, 1.165) is 9.26 Å². The number of para-hydroxylation sites is 1. The van der Waals surface area contributed by atoms with Crippen LogP contribution in [0.1, 0.15) is 0 Å². The molecule has 0 unspecified atom stereocenters. The third-order valence-electron chi connectivity index (χ3n) is 1.63. The molecule has 0 aliphatic heterocycles. The van der Waals surface area contributed by atoms with Crippen molar-refractivity contribution in [2.75, 3.05) is 0 Å². The molecule has 0 aliphatic rings. The molecule has 0 atom stereocenters. The van der Waals surface area contributed by atoms with E-state index < -0.39 is 0 Å². The molecule has 0 radical (unpaired) electrons. The van der Waals surface area contributed by atoms with Crippen molar-refractivity contribution in [3.8, 4) is 5.69 Å². The number of nitrogens with zero attached hydrogens (tertiary/aromatic N) is 2. The van der Waals surface area contributed by atoms with Gasteiger partial charge in [-0.25, -0.2) is 4.79 Å². The van der Waals surface area contributed by atoms with Gasteiger partial charge in [-0.05, 0) is 34.7 Å². The SMILES string of the molecule is O=c1[nH]cnn1-c1ccccc1I. The number of aromatic amines is 1. The van der Waals surface area contributed by atoms with E-state index in [1.165, 1.54) is 11.0 Å². The topological polar surface area (TPSA) is 50.7 Å². The van der Waals surface area contributed by atoms with Crippen LogP contribution in [0.25, 0.3) is 5.69 Å². The summed E-state index contributed by atoms with van der Waals surface area (Å²) in [4.78, 5) is 13.7. The highest BCUT2D eigenvalue weighted by Crippen LogP contribution is 2.13. The van der Waals surface area contributed by atoms with E-state index in [0.29, 0.717) is 0 Å². The molecule has 5 heteroatoms. The van der Waals surface area contributed by atoms with Gasteiger partial charge in [0.05, 0.1) is 5.69 Å². The number of nitrogens with one attached hydrogen (secondary N) is 1. The van der Waals surface area contributed by atoms with Gasteiger partial charge in [0.2, 0.25) is 0 Å². The van der Waals surface area contributed by atoms with Crippen LogP contribution >= 0.6 is 22.6 Å². The molecule has 0 saturated heterocycles. The number of aromatic nitrogens is 3. The van der Waals surface area contributed by atoms with Gasteiger partial charge in [-0.1, -0.05) is 12.1 Å². The zero-order chi connectivity index (χ0) is 9.26. The fourth-order valence-electron chi connectivity index (χ4n) is 1.05. The van der Waals surface area contributed by atoms with Crippen LogP contribution in [-0.2, 0) is 0 Å². The molecule has 1 aromatic carbocycles. The first-order chi connectivity index (χ1) is 6.29. The zero-order valence-corrected chi connectivity index (χ0v) is 8.72. The Balaban J connectivity index is 2.66. The molecule has 2 rings (SSSR count). The molecule has 0 saturated carbocycles. The molecule has 2 aromatic rings. The number of hydrogen-bond donors (Lipinski definition) is 1. The Morgan fingerprint density at radius 1 is 1.38 bits per heavy atom. The predicted molar refractivity (Wildman–Crippen MR) is 56.9 cm³/mol. The Hall–Kier alpha value is -1.11. The average Bonchev–Trinajstić information content (AvgIpc) is 2.52. The van der Waals surface area contributed by atoms with Crippen LogP contribution in [0.15, 0.2) is 35.4 Å². The lowest BCUT2D eigenvalue weighted by molar-refractivity contribution is 0.838. The van der Waals surface area contributed by atoms with Crippen molar-refractivity contribution in [3.05, 3.63) is 44.6 Å². The van der Waals surface area contributed by atoms with Gasteiger partial charge in [0.1, 0.15) is 6.33 Å². The second-order valence-electron chi connectivity index (χ2n) is 2.46. The zero-order valence-electron chi connectivity index (χ0n) is 6.57. The lowest BCUT2D eigenvalue weighted by atomic mass is 10.3. The van der Waals surface area contributed by atoms with Crippen molar-refractivity contribution in [3.63, 3.8) is 0 Å². The Morgan fingerprint density at radius 2 is 2.15 bits per heavy atom. The quantitative estimate of drug-likeness (QED) is 0.800. The van der Waals surface area contributed by atoms with Gasteiger partial charge in [-0.15, -0.1) is 0 Å². The molecule has 0 bridgehead atoms. The molecular formula is C8H6IN3O. The average molecular weight is 287 g/mol. The van der Waals surface area contributed by atoms with Gasteiger partial charge in [0.25, 0.3) is 0 Å². The second-order valence-corrected chi connectivity index (χ2v) is 3.62. The Kier molecular flexibility index (Phi) is 2.17. The van der Waals surface area contributed by atoms with Crippen molar-refractivity contribution in [1.29, 1.82) is 0 Å². The lowest BCUT2D eigenvalue weighted by Crippen LogP contribution is -2.16. The van der Waals surface area contributed by atoms with Crippen molar-refractivity contribution in [1.82, 2.24) is 14.8 Å². The smallest absolute Gasteiger partial charge is 0.295 e. The summed E-state index contributed by atoms with van der Waals surface area (Å²) in [7, 11) is 0. The summed E-state index contributed by atoms with van der Waals surface area (Å²) in [5.74, 6) is 0. The minimum atomic E-state index is -0.218. The highest BCUT2D eigenvalue weighted by molar-refractivity contribution is 14.1. The molecule has 1 heterocycles. The maximum atomic E-state index is 11.2. The van der Waals surface area contributed by atoms with E-state index >= 15 is 0 Å². The number of hydrogen-bond acceptors (Lipinski definition) is 2. The molecule has 66 valence electrons. The van der Waals surface area contributed by atoms with Crippen LogP contribution in [-0.4, -0.2) is 14.8 Å². The van der Waals surface area contributed by atoms with Gasteiger partial charge in [0.15, 0.2) is 0 Å². The van der Waals surface area contributed by atoms with E-state index in [-0.39, 0.29) is 5.69 Å². The lowest BCUT2D eigenvalue weighted by Gasteiger charge is -2.00. The summed E-state index contributed by atoms with van der Waals surface area (Å²) in [6, 6.07) is 7.57. The minimum Gasteiger partial charge on any atom is -0.295 e. The fraction of sp³-hybridized carbons (Fsp3) is 0. The van der Waals surface area contributed by atoms with Crippen LogP contribution in [0.2, 0.25) is 0 Å². The highest BCUT2D eigenvalue weighted by atomic mass is 127. The van der Waals surface area contributed by atoms with Crippen LogP contribution in [0.5, 0.6) is 0 Å². The third kappa shape index (κ3) is 1.51. The molecule has 1 N–H and O–H groups in total. The fourth-order valence-corrected chi connectivity index (χ4v) is 1.67. The minimum absolute atomic E-state index is 0.218. The summed E-state index contributed by atoms with van der Waals surface area (Å²) >= 11 is 2.16. The summed E-state index contributed by atoms with van der Waals surface area (Å²) in [6.45, 7) is 0. The first kappa shape index (κ1) is 8.49. The summed E-state index contributed by atoms with van der Waals surface area (Å²) < 4.78 is 2.33. The molecular weight excluding hydrogens is 281 g/mol. The molecule has 0 spiro atoms. The van der Waals surface area contributed by atoms with Gasteiger partial charge >= 0.3 is 5.69 Å². The summed E-state index contributed by atoms with van der Waals surface area (Å²) in [5.41, 5.74) is 0.582. The maximum Gasteiger partial charge on any atom is 0.347 e. The van der Waals surface area contributed by atoms with Crippen molar-refractivity contribution < 1.29 is 0 Å². The molecule has 0 fully saturated rings. The number of halogens is 1. The first-order valence-electron chi connectivity index (χ1n) is 3.66. The van der Waals surface area contributed by atoms with E-state index in [1.807, 2.05) is 24.3 Å². The molecule has 13 heavy (non-hydrogen) atoms. The van der Waals surface area contributed by atoms with E-state index in [9.17, 15) is 4.79 Å². The maximum absolute atomic E-state index is 11.2. The van der Waals surface area contributed by atoms with E-state index in [4.69, 9.17) is 0 Å². The first-order valence-corrected chi connectivity index (χ1v) is 4.74. The Bertz CT molecular complexity index is 474. The predicted octanol–water partition coefficient (Wildman–Crippen LogP) is 1.17. The molecule has 0 aliphatic carbocycles. The van der Waals surface area contributed by atoms with Crippen LogP contribution < -0.4 is 5.69 Å². The molecule has 0 amide bonds. The molecule has 1 aromatic heterocycles. The van der Waals surface area contributed by atoms with Gasteiger partial charge < -0.3 is 0 Å². The third-order valence-corrected chi connectivity index (χ3v) is 2.55. The van der Waals surface area contributed by atoms with Crippen LogP contribution in [0.4, 0.5) is 0 Å². The van der Waals surface area contributed by atoms with Crippen molar-refractivity contribution in [2.24, 2.45) is 0 Å². The van der Waals surface area contributed by atoms with Crippen LogP contribution in [0.3, 0.4) is 0 Å². The van der Waals surface area contributed by atoms with Gasteiger partial charge in [0, 0.05) is 3.57 Å². The normalized spacial score (nSPS) is 10.2. The standard InChI is InChI=1S/C8H6IN3O/c9-6-3-1-2-4-7(6)12-8(13)10-5-11-12/h1-5H,(H,10,11,13). The van der Waals surface area contributed by atoms with Crippen LogP contribution in [0, 0.1) is 3.57 Å². The number of H-pyrrole nitrogens is 1.